The Morgan fingerprint density at radius 2 is 1.65 bits per heavy atom. The minimum atomic E-state index is 0.871. The fourth-order valence-electron chi connectivity index (χ4n) is 3.96. The summed E-state index contributed by atoms with van der Waals surface area (Å²) in [5, 5.41) is 3.45. The van der Waals surface area contributed by atoms with E-state index in [0.29, 0.717) is 0 Å². The van der Waals surface area contributed by atoms with Crippen molar-refractivity contribution in [1.29, 1.82) is 0 Å². The number of hydrogen-bond donors (Lipinski definition) is 1. The summed E-state index contributed by atoms with van der Waals surface area (Å²) in [6, 6.07) is 1.81. The van der Waals surface area contributed by atoms with Gasteiger partial charge in [0.2, 0.25) is 0 Å². The van der Waals surface area contributed by atoms with Gasteiger partial charge >= 0.3 is 0 Å². The Kier molecular flexibility index (Phi) is 3.99. The second-order valence-corrected chi connectivity index (χ2v) is 6.02. The third-order valence-electron chi connectivity index (χ3n) is 4.89. The molecule has 0 amide bonds. The van der Waals surface area contributed by atoms with E-state index in [1.165, 1.54) is 77.8 Å². The summed E-state index contributed by atoms with van der Waals surface area (Å²) < 4.78 is 0. The van der Waals surface area contributed by atoms with E-state index in [4.69, 9.17) is 0 Å². The summed E-state index contributed by atoms with van der Waals surface area (Å²) in [4.78, 5) is 5.53. The number of hydrogen-bond acceptors (Lipinski definition) is 3. The zero-order valence-corrected chi connectivity index (χ0v) is 11.0. The highest BCUT2D eigenvalue weighted by molar-refractivity contribution is 4.89. The lowest BCUT2D eigenvalue weighted by Gasteiger charge is -2.36. The van der Waals surface area contributed by atoms with Crippen LogP contribution in [0.4, 0.5) is 0 Å². The van der Waals surface area contributed by atoms with Crippen molar-refractivity contribution in [1.82, 2.24) is 15.1 Å². The number of rotatable bonds is 3. The predicted octanol–water partition coefficient (Wildman–Crippen LogP) is 1.30. The summed E-state index contributed by atoms with van der Waals surface area (Å²) in [7, 11) is 0. The van der Waals surface area contributed by atoms with Gasteiger partial charge in [-0.2, -0.15) is 0 Å². The van der Waals surface area contributed by atoms with Gasteiger partial charge < -0.3 is 5.32 Å². The molecule has 1 aliphatic carbocycles. The number of likely N-dealkylation sites (tertiary alicyclic amines) is 1. The quantitative estimate of drug-likeness (QED) is 0.798. The fourth-order valence-corrected chi connectivity index (χ4v) is 3.96. The monoisotopic (exact) mass is 237 g/mol. The van der Waals surface area contributed by atoms with Gasteiger partial charge in [-0.05, 0) is 32.2 Å². The van der Waals surface area contributed by atoms with Crippen LogP contribution in [0.25, 0.3) is 0 Å². The largest absolute Gasteiger partial charge is 0.314 e. The van der Waals surface area contributed by atoms with E-state index in [9.17, 15) is 0 Å². The van der Waals surface area contributed by atoms with Crippen molar-refractivity contribution in [2.75, 3.05) is 39.3 Å². The molecule has 3 fully saturated rings. The highest BCUT2D eigenvalue weighted by Gasteiger charge is 2.33. The molecule has 3 rings (SSSR count). The van der Waals surface area contributed by atoms with Crippen molar-refractivity contribution in [3.05, 3.63) is 0 Å². The van der Waals surface area contributed by atoms with Crippen molar-refractivity contribution in [2.24, 2.45) is 0 Å². The Balaban J connectivity index is 1.53. The molecule has 98 valence electrons. The zero-order chi connectivity index (χ0) is 11.5. The molecular weight excluding hydrogens is 210 g/mol. The minimum Gasteiger partial charge on any atom is -0.314 e. The molecule has 1 N–H and O–H groups in total. The van der Waals surface area contributed by atoms with Crippen molar-refractivity contribution in [2.45, 2.75) is 50.6 Å². The number of piperazine rings is 1. The van der Waals surface area contributed by atoms with Gasteiger partial charge in [0.25, 0.3) is 0 Å². The lowest BCUT2D eigenvalue weighted by atomic mass is 10.1. The molecule has 3 nitrogen and oxygen atoms in total. The Morgan fingerprint density at radius 3 is 2.41 bits per heavy atom. The summed E-state index contributed by atoms with van der Waals surface area (Å²) in [5.74, 6) is 0. The third-order valence-corrected chi connectivity index (χ3v) is 4.89. The van der Waals surface area contributed by atoms with Crippen LogP contribution in [0.15, 0.2) is 0 Å². The normalized spacial score (nSPS) is 33.5. The summed E-state index contributed by atoms with van der Waals surface area (Å²) in [6.45, 7) is 7.61. The lowest BCUT2D eigenvalue weighted by Crippen LogP contribution is -2.50. The van der Waals surface area contributed by atoms with E-state index in [2.05, 4.69) is 15.1 Å². The van der Waals surface area contributed by atoms with E-state index in [1.54, 1.807) is 0 Å². The van der Waals surface area contributed by atoms with E-state index in [-0.39, 0.29) is 0 Å². The van der Waals surface area contributed by atoms with Gasteiger partial charge in [0.05, 0.1) is 0 Å². The van der Waals surface area contributed by atoms with Crippen molar-refractivity contribution < 1.29 is 0 Å². The fraction of sp³-hybridized carbons (Fsp3) is 1.00. The first-order chi connectivity index (χ1) is 8.43. The average molecular weight is 237 g/mol. The second-order valence-electron chi connectivity index (χ2n) is 6.02. The molecule has 0 spiro atoms. The molecule has 0 aromatic rings. The van der Waals surface area contributed by atoms with Gasteiger partial charge in [0.15, 0.2) is 0 Å². The Hall–Kier alpha value is -0.120. The van der Waals surface area contributed by atoms with Gasteiger partial charge in [0.1, 0.15) is 0 Å². The Bertz CT molecular complexity index is 232. The van der Waals surface area contributed by atoms with Gasteiger partial charge in [-0.3, -0.25) is 9.80 Å². The Morgan fingerprint density at radius 1 is 0.882 bits per heavy atom. The Labute approximate surface area is 106 Å². The van der Waals surface area contributed by atoms with Crippen LogP contribution < -0.4 is 5.32 Å². The molecule has 2 aliphatic heterocycles. The van der Waals surface area contributed by atoms with Crippen LogP contribution in [0.5, 0.6) is 0 Å². The van der Waals surface area contributed by atoms with Crippen LogP contribution in [0.2, 0.25) is 0 Å². The maximum absolute atomic E-state index is 3.45. The third kappa shape index (κ3) is 2.83. The van der Waals surface area contributed by atoms with Crippen LogP contribution in [0.1, 0.15) is 38.5 Å². The first-order valence-electron chi connectivity index (χ1n) is 7.62. The van der Waals surface area contributed by atoms with Gasteiger partial charge in [0, 0.05) is 44.8 Å². The van der Waals surface area contributed by atoms with Gasteiger partial charge in [-0.25, -0.2) is 0 Å². The first kappa shape index (κ1) is 11.9. The molecule has 0 radical (unpaired) electrons. The molecule has 1 saturated carbocycles. The molecule has 2 saturated heterocycles. The molecule has 0 bridgehead atoms. The molecule has 1 atom stereocenters. The maximum atomic E-state index is 3.45. The second kappa shape index (κ2) is 5.68. The highest BCUT2D eigenvalue weighted by Crippen LogP contribution is 2.30. The lowest BCUT2D eigenvalue weighted by molar-refractivity contribution is 0.126. The van der Waals surface area contributed by atoms with E-state index >= 15 is 0 Å². The number of nitrogens with one attached hydrogen (secondary N) is 1. The molecule has 17 heavy (non-hydrogen) atoms. The smallest absolute Gasteiger partial charge is 0.0226 e. The van der Waals surface area contributed by atoms with E-state index in [0.717, 1.165) is 12.1 Å². The van der Waals surface area contributed by atoms with Crippen molar-refractivity contribution in [3.8, 4) is 0 Å². The molecule has 1 unspecified atom stereocenters. The predicted molar refractivity (Wildman–Crippen MR) is 71.3 cm³/mol. The van der Waals surface area contributed by atoms with Crippen molar-refractivity contribution >= 4 is 0 Å². The molecule has 0 aromatic heterocycles. The summed E-state index contributed by atoms with van der Waals surface area (Å²) >= 11 is 0. The highest BCUT2D eigenvalue weighted by atomic mass is 15.3. The van der Waals surface area contributed by atoms with E-state index in [1.807, 2.05) is 0 Å². The maximum Gasteiger partial charge on any atom is 0.0226 e. The molecule has 3 heteroatoms. The van der Waals surface area contributed by atoms with Gasteiger partial charge in [-0.1, -0.05) is 12.8 Å². The SMILES string of the molecule is C1CCC(N2CCCC2CN2CCNCC2)C1. The van der Waals surface area contributed by atoms with Crippen LogP contribution in [0.3, 0.4) is 0 Å². The van der Waals surface area contributed by atoms with Crippen LogP contribution in [-0.4, -0.2) is 61.2 Å². The number of nitrogens with zero attached hydrogens (tertiary/aromatic N) is 2. The van der Waals surface area contributed by atoms with E-state index < -0.39 is 0 Å². The summed E-state index contributed by atoms with van der Waals surface area (Å²) in [5.41, 5.74) is 0. The summed E-state index contributed by atoms with van der Waals surface area (Å²) in [6.07, 6.45) is 8.77. The van der Waals surface area contributed by atoms with Crippen molar-refractivity contribution in [3.63, 3.8) is 0 Å². The molecule has 0 aromatic carbocycles. The average Bonchev–Trinajstić information content (AvgIpc) is 3.00. The molecule has 3 aliphatic rings. The zero-order valence-electron chi connectivity index (χ0n) is 11.0. The molecular formula is C14H27N3. The van der Waals surface area contributed by atoms with Crippen LogP contribution >= 0.6 is 0 Å². The first-order valence-corrected chi connectivity index (χ1v) is 7.62. The topological polar surface area (TPSA) is 18.5 Å². The minimum absolute atomic E-state index is 0.871. The standard InChI is InChI=1S/C14H27N3/c1-2-5-13(4-1)17-9-3-6-14(17)12-16-10-7-15-8-11-16/h13-15H,1-12H2. The molecule has 2 heterocycles. The van der Waals surface area contributed by atoms with Gasteiger partial charge in [-0.15, -0.1) is 0 Å². The van der Waals surface area contributed by atoms with Crippen LogP contribution in [0, 0.1) is 0 Å². The van der Waals surface area contributed by atoms with Crippen LogP contribution in [-0.2, 0) is 0 Å².